The molecule has 0 N–H and O–H groups in total. The first-order valence-corrected chi connectivity index (χ1v) is 30.8. The van der Waals surface area contributed by atoms with E-state index in [1.807, 2.05) is 0 Å². The van der Waals surface area contributed by atoms with Gasteiger partial charge in [-0.1, -0.05) is 0 Å². The van der Waals surface area contributed by atoms with Crippen molar-refractivity contribution in [3.8, 4) is 22.3 Å². The summed E-state index contributed by atoms with van der Waals surface area (Å²) in [7, 11) is 0. The monoisotopic (exact) mass is 789 g/mol. The van der Waals surface area contributed by atoms with E-state index in [-0.39, 0.29) is 10.8 Å². The van der Waals surface area contributed by atoms with Gasteiger partial charge >= 0.3 is 290 Å². The van der Waals surface area contributed by atoms with Crippen LogP contribution in [0.25, 0.3) is 34.4 Å². The number of rotatable bonds is 7. The first kappa shape index (κ1) is 33.4. The van der Waals surface area contributed by atoms with Gasteiger partial charge in [-0.15, -0.1) is 0 Å². The van der Waals surface area contributed by atoms with Crippen molar-refractivity contribution in [3.63, 3.8) is 0 Å². The van der Waals surface area contributed by atoms with Crippen LogP contribution in [0, 0.1) is 0 Å². The molecule has 2 aliphatic rings. The van der Waals surface area contributed by atoms with Gasteiger partial charge in [0.1, 0.15) is 0 Å². The van der Waals surface area contributed by atoms with Gasteiger partial charge in [-0.05, 0) is 0 Å². The Balaban J connectivity index is 1.44. The molecule has 0 radical (unpaired) electrons. The Morgan fingerprint density at radius 1 is 0.543 bits per heavy atom. The van der Waals surface area contributed by atoms with Crippen LogP contribution in [0.15, 0.2) is 96.1 Å². The van der Waals surface area contributed by atoms with Crippen molar-refractivity contribution >= 4 is 18.1 Å². The molecule has 0 fully saturated rings. The number of hydrogen-bond acceptors (Lipinski definition) is 0. The van der Waals surface area contributed by atoms with Crippen LogP contribution in [0.2, 0.25) is 13.1 Å². The van der Waals surface area contributed by atoms with Gasteiger partial charge in [0.15, 0.2) is 0 Å². The molecule has 46 heavy (non-hydrogen) atoms. The van der Waals surface area contributed by atoms with Gasteiger partial charge in [-0.3, -0.25) is 0 Å². The molecule has 0 heterocycles. The Hall–Kier alpha value is -2.55. The molecule has 0 saturated carbocycles. The molecule has 0 aliphatic heterocycles. The topological polar surface area (TPSA) is 0 Å². The second-order valence-electron chi connectivity index (χ2n) is 15.9. The van der Waals surface area contributed by atoms with Crippen LogP contribution in [-0.4, -0.2) is 5.98 Å². The molecule has 0 aromatic heterocycles. The summed E-state index contributed by atoms with van der Waals surface area (Å²) in [5, 5.41) is 0. The molecule has 6 rings (SSSR count). The maximum absolute atomic E-state index is 2.70. The van der Waals surface area contributed by atoms with Crippen LogP contribution in [0.1, 0.15) is 109 Å². The number of allylic oxidation sites excluding steroid dienone is 2. The molecule has 0 bridgehead atoms. The van der Waals surface area contributed by atoms with Gasteiger partial charge in [0.05, 0.1) is 0 Å². The zero-order chi connectivity index (χ0) is 33.0. The van der Waals surface area contributed by atoms with Crippen molar-refractivity contribution in [2.75, 3.05) is 0 Å². The fraction of sp³-hybridized carbons (Fsp3) is 0.364. The molecule has 0 saturated heterocycles. The molecule has 0 amide bonds. The summed E-state index contributed by atoms with van der Waals surface area (Å²) in [5.74, 6) is -0.914. The third-order valence-electron chi connectivity index (χ3n) is 10.6. The number of hydrogen-bond donors (Lipinski definition) is 0. The molecular weight excluding hydrogens is 735 g/mol. The molecular formula is C44H53HfSi. The van der Waals surface area contributed by atoms with Crippen LogP contribution in [0.4, 0.5) is 0 Å². The predicted octanol–water partition coefficient (Wildman–Crippen LogP) is 12.6. The van der Waals surface area contributed by atoms with E-state index in [1.54, 1.807) is 22.3 Å². The van der Waals surface area contributed by atoms with E-state index in [0.29, 0.717) is 7.35 Å². The third kappa shape index (κ3) is 6.10. The van der Waals surface area contributed by atoms with E-state index in [2.05, 4.69) is 166 Å². The van der Waals surface area contributed by atoms with Gasteiger partial charge in [0.25, 0.3) is 0 Å². The van der Waals surface area contributed by atoms with E-state index in [0.717, 1.165) is 12.8 Å². The molecule has 2 aliphatic carbocycles. The fourth-order valence-corrected chi connectivity index (χ4v) is 40.8. The molecule has 237 valence electrons. The van der Waals surface area contributed by atoms with E-state index < -0.39 is 26.6 Å². The SMILES string of the molecule is CCC1=Cc2c(-c3ccc(C(C)(C)C)cc3)cccc2[CH]1[Hf]([CH]1C(CC)=Cc2c(-c3ccc(C(C)(C)C)cc3)cccc21)[SiH](C)C. The van der Waals surface area contributed by atoms with Gasteiger partial charge in [-0.25, -0.2) is 0 Å². The minimum atomic E-state index is -2.36. The second kappa shape index (κ2) is 12.8. The average Bonchev–Trinajstić information content (AvgIpc) is 3.59. The van der Waals surface area contributed by atoms with Crippen molar-refractivity contribution in [2.45, 2.75) is 99.5 Å². The van der Waals surface area contributed by atoms with E-state index in [4.69, 9.17) is 0 Å². The summed E-state index contributed by atoms with van der Waals surface area (Å²) in [6, 6.07) is 33.3. The van der Waals surface area contributed by atoms with Crippen LogP contribution in [-0.2, 0) is 31.4 Å². The van der Waals surface area contributed by atoms with Crippen molar-refractivity contribution in [1.29, 1.82) is 0 Å². The molecule has 2 heteroatoms. The zero-order valence-electron chi connectivity index (χ0n) is 29.9. The Kier molecular flexibility index (Phi) is 9.29. The zero-order valence-corrected chi connectivity index (χ0v) is 34.6. The summed E-state index contributed by atoms with van der Waals surface area (Å²) in [6.45, 7) is 24.0. The maximum atomic E-state index is 2.70. The van der Waals surface area contributed by atoms with E-state index in [1.165, 1.54) is 44.5 Å². The minimum absolute atomic E-state index is 0.166. The first-order chi connectivity index (χ1) is 21.8. The molecule has 2 atom stereocenters. The van der Waals surface area contributed by atoms with Crippen LogP contribution in [0.5, 0.6) is 0 Å². The fourth-order valence-electron chi connectivity index (χ4n) is 7.96. The summed E-state index contributed by atoms with van der Waals surface area (Å²) in [4.78, 5) is 0. The van der Waals surface area contributed by atoms with Crippen molar-refractivity contribution in [3.05, 3.63) is 129 Å². The van der Waals surface area contributed by atoms with Crippen LogP contribution in [0.3, 0.4) is 0 Å². The molecule has 4 aromatic rings. The molecule has 4 aromatic carbocycles. The van der Waals surface area contributed by atoms with Crippen molar-refractivity contribution in [2.24, 2.45) is 0 Å². The Morgan fingerprint density at radius 2 is 0.913 bits per heavy atom. The normalized spacial score (nSPS) is 17.5. The predicted molar refractivity (Wildman–Crippen MR) is 202 cm³/mol. The van der Waals surface area contributed by atoms with Gasteiger partial charge < -0.3 is 0 Å². The quantitative estimate of drug-likeness (QED) is 0.164. The van der Waals surface area contributed by atoms with Gasteiger partial charge in [0, 0.05) is 0 Å². The van der Waals surface area contributed by atoms with Crippen molar-refractivity contribution in [1.82, 2.24) is 0 Å². The molecule has 0 nitrogen and oxygen atoms in total. The summed E-state index contributed by atoms with van der Waals surface area (Å²) in [6.07, 6.45) is 7.57. The summed E-state index contributed by atoms with van der Waals surface area (Å²) in [5.41, 5.74) is 18.4. The first-order valence-electron chi connectivity index (χ1n) is 17.6. The van der Waals surface area contributed by atoms with E-state index >= 15 is 0 Å². The van der Waals surface area contributed by atoms with Crippen LogP contribution < -0.4 is 0 Å². The number of benzene rings is 4. The third-order valence-corrected chi connectivity index (χ3v) is 41.4. The van der Waals surface area contributed by atoms with Gasteiger partial charge in [-0.2, -0.15) is 0 Å². The summed E-state index contributed by atoms with van der Waals surface area (Å²) < 4.78 is 1.37. The van der Waals surface area contributed by atoms with Crippen molar-refractivity contribution < 1.29 is 20.6 Å². The Bertz CT molecular complexity index is 1660. The number of fused-ring (bicyclic) bond motifs is 2. The Labute approximate surface area is 288 Å². The Morgan fingerprint density at radius 3 is 1.22 bits per heavy atom. The molecule has 2 unspecified atom stereocenters. The molecule has 0 spiro atoms. The average molecular weight is 788 g/mol. The van der Waals surface area contributed by atoms with Gasteiger partial charge in [0.2, 0.25) is 0 Å². The second-order valence-corrected chi connectivity index (χ2v) is 43.9. The standard InChI is InChI=1S/2C21H23.C2H7Si.Hf/c2*1-5-15-13-17-7-6-8-19(20(17)14-15)16-9-11-18(12-10-16)21(2,3)4;1-3-2;/h2*6-14H,5H2,1-4H3;3H,1-2H3;. The summed E-state index contributed by atoms with van der Waals surface area (Å²) >= 11 is -2.36. The van der Waals surface area contributed by atoms with Crippen LogP contribution >= 0.6 is 0 Å². The van der Waals surface area contributed by atoms with E-state index in [9.17, 15) is 0 Å².